The van der Waals surface area contributed by atoms with Crippen LogP contribution in [0.25, 0.3) is 0 Å². The normalized spacial score (nSPS) is 15.4. The lowest BCUT2D eigenvalue weighted by Gasteiger charge is -2.32. The maximum atomic E-state index is 12.4. The Morgan fingerprint density at radius 2 is 1.91 bits per heavy atom. The van der Waals surface area contributed by atoms with Crippen LogP contribution in [0.2, 0.25) is 5.02 Å². The molecule has 1 aromatic heterocycles. The second-order valence-corrected chi connectivity index (χ2v) is 5.93. The van der Waals surface area contributed by atoms with Gasteiger partial charge in [-0.25, -0.2) is 0 Å². The number of hydrogen-bond acceptors (Lipinski definition) is 4. The molecule has 2 heterocycles. The first-order chi connectivity index (χ1) is 11.1. The number of rotatable bonds is 3. The van der Waals surface area contributed by atoms with Crippen molar-refractivity contribution < 1.29 is 14.6 Å². The standard InChI is InChI=1S/C17H17ClN2O3/c18-13-1-3-15(4-2-13)23-16-5-7-20(8-6-16)17(22)12-9-14(21)11-19-10-12/h1-4,9-11,16,21H,5-8H2. The van der Waals surface area contributed by atoms with Crippen LogP contribution in [-0.2, 0) is 0 Å². The van der Waals surface area contributed by atoms with Gasteiger partial charge in [0.05, 0.1) is 11.8 Å². The van der Waals surface area contributed by atoms with Crippen molar-refractivity contribution in [2.24, 2.45) is 0 Å². The van der Waals surface area contributed by atoms with E-state index in [0.29, 0.717) is 23.7 Å². The quantitative estimate of drug-likeness (QED) is 0.938. The maximum Gasteiger partial charge on any atom is 0.255 e. The Kier molecular flexibility index (Phi) is 4.67. The molecule has 1 saturated heterocycles. The molecule has 0 saturated carbocycles. The molecule has 3 rings (SSSR count). The number of amides is 1. The molecule has 0 aliphatic carbocycles. The van der Waals surface area contributed by atoms with Crippen molar-refractivity contribution in [3.8, 4) is 11.5 Å². The fourth-order valence-corrected chi connectivity index (χ4v) is 2.74. The van der Waals surface area contributed by atoms with E-state index in [1.54, 1.807) is 17.0 Å². The van der Waals surface area contributed by atoms with E-state index in [-0.39, 0.29) is 17.8 Å². The van der Waals surface area contributed by atoms with Gasteiger partial charge < -0.3 is 14.7 Å². The molecule has 2 aromatic rings. The van der Waals surface area contributed by atoms with Crippen LogP contribution >= 0.6 is 11.6 Å². The van der Waals surface area contributed by atoms with Crippen molar-refractivity contribution in [1.29, 1.82) is 0 Å². The minimum absolute atomic E-state index is 0.00296. The summed E-state index contributed by atoms with van der Waals surface area (Å²) in [5.41, 5.74) is 0.405. The predicted octanol–water partition coefficient (Wildman–Crippen LogP) is 3.12. The minimum Gasteiger partial charge on any atom is -0.506 e. The van der Waals surface area contributed by atoms with Crippen molar-refractivity contribution in [2.45, 2.75) is 18.9 Å². The summed E-state index contributed by atoms with van der Waals surface area (Å²) in [7, 11) is 0. The van der Waals surface area contributed by atoms with Crippen LogP contribution in [0.1, 0.15) is 23.2 Å². The smallest absolute Gasteiger partial charge is 0.255 e. The zero-order valence-corrected chi connectivity index (χ0v) is 13.2. The molecule has 1 amide bonds. The van der Waals surface area contributed by atoms with Crippen LogP contribution in [0.3, 0.4) is 0 Å². The van der Waals surface area contributed by atoms with Crippen molar-refractivity contribution in [2.75, 3.05) is 13.1 Å². The van der Waals surface area contributed by atoms with Crippen molar-refractivity contribution in [3.05, 3.63) is 53.3 Å². The third kappa shape index (κ3) is 3.93. The molecule has 120 valence electrons. The molecule has 1 aliphatic heterocycles. The summed E-state index contributed by atoms with van der Waals surface area (Å²) in [5, 5.41) is 10.1. The third-order valence-corrected chi connectivity index (χ3v) is 4.07. The summed E-state index contributed by atoms with van der Waals surface area (Å²) < 4.78 is 5.91. The largest absolute Gasteiger partial charge is 0.506 e. The summed E-state index contributed by atoms with van der Waals surface area (Å²) in [6, 6.07) is 8.72. The molecule has 1 aromatic carbocycles. The van der Waals surface area contributed by atoms with Crippen LogP contribution in [0.5, 0.6) is 11.5 Å². The van der Waals surface area contributed by atoms with E-state index in [9.17, 15) is 9.90 Å². The number of halogens is 1. The highest BCUT2D eigenvalue weighted by molar-refractivity contribution is 6.30. The number of piperidine rings is 1. The van der Waals surface area contributed by atoms with Crippen LogP contribution in [0.15, 0.2) is 42.7 Å². The van der Waals surface area contributed by atoms with Gasteiger partial charge in [-0.2, -0.15) is 0 Å². The number of likely N-dealkylation sites (tertiary alicyclic amines) is 1. The second kappa shape index (κ2) is 6.87. The Hall–Kier alpha value is -2.27. The number of pyridine rings is 1. The van der Waals surface area contributed by atoms with Gasteiger partial charge in [-0.05, 0) is 30.3 Å². The first-order valence-electron chi connectivity index (χ1n) is 7.47. The maximum absolute atomic E-state index is 12.4. The molecule has 0 unspecified atom stereocenters. The lowest BCUT2D eigenvalue weighted by Crippen LogP contribution is -2.41. The van der Waals surface area contributed by atoms with Crippen LogP contribution in [0.4, 0.5) is 0 Å². The average molecular weight is 333 g/mol. The number of aromatic hydroxyl groups is 1. The van der Waals surface area contributed by atoms with Gasteiger partial charge >= 0.3 is 0 Å². The molecule has 1 N–H and O–H groups in total. The van der Waals surface area contributed by atoms with Gasteiger partial charge in [0.2, 0.25) is 0 Å². The van der Waals surface area contributed by atoms with Gasteiger partial charge in [0.25, 0.3) is 5.91 Å². The number of ether oxygens (including phenoxy) is 1. The van der Waals surface area contributed by atoms with E-state index in [1.165, 1.54) is 18.5 Å². The van der Waals surface area contributed by atoms with Gasteiger partial charge in [-0.1, -0.05) is 11.6 Å². The molecule has 5 nitrogen and oxygen atoms in total. The summed E-state index contributed by atoms with van der Waals surface area (Å²) in [5.74, 6) is 0.673. The van der Waals surface area contributed by atoms with Gasteiger partial charge in [-0.3, -0.25) is 9.78 Å². The molecule has 1 fully saturated rings. The third-order valence-electron chi connectivity index (χ3n) is 3.82. The molecule has 0 bridgehead atoms. The Morgan fingerprint density at radius 3 is 2.57 bits per heavy atom. The molecular formula is C17H17ClN2O3. The van der Waals surface area contributed by atoms with Gasteiger partial charge in [0.1, 0.15) is 17.6 Å². The predicted molar refractivity (Wildman–Crippen MR) is 86.9 cm³/mol. The van der Waals surface area contributed by atoms with Crippen molar-refractivity contribution >= 4 is 17.5 Å². The number of aromatic nitrogens is 1. The lowest BCUT2D eigenvalue weighted by molar-refractivity contribution is 0.0595. The SMILES string of the molecule is O=C(c1cncc(O)c1)N1CCC(Oc2ccc(Cl)cc2)CC1. The second-order valence-electron chi connectivity index (χ2n) is 5.50. The number of carbonyl (C=O) groups excluding carboxylic acids is 1. The van der Waals surface area contributed by atoms with E-state index in [4.69, 9.17) is 16.3 Å². The summed E-state index contributed by atoms with van der Waals surface area (Å²) in [6.07, 6.45) is 4.39. The molecule has 0 radical (unpaired) electrons. The number of hydrogen-bond donors (Lipinski definition) is 1. The Morgan fingerprint density at radius 1 is 1.22 bits per heavy atom. The Labute approximate surface area is 139 Å². The Balaban J connectivity index is 1.55. The number of benzene rings is 1. The topological polar surface area (TPSA) is 62.7 Å². The highest BCUT2D eigenvalue weighted by atomic mass is 35.5. The van der Waals surface area contributed by atoms with Crippen LogP contribution in [0, 0.1) is 0 Å². The highest BCUT2D eigenvalue weighted by Gasteiger charge is 2.25. The fourth-order valence-electron chi connectivity index (χ4n) is 2.61. The van der Waals surface area contributed by atoms with Gasteiger partial charge in [0.15, 0.2) is 0 Å². The van der Waals surface area contributed by atoms with Crippen LogP contribution in [-0.4, -0.2) is 40.1 Å². The molecule has 23 heavy (non-hydrogen) atoms. The summed E-state index contributed by atoms with van der Waals surface area (Å²) in [4.78, 5) is 18.0. The lowest BCUT2D eigenvalue weighted by atomic mass is 10.1. The number of carbonyl (C=O) groups is 1. The molecular weight excluding hydrogens is 316 g/mol. The van der Waals surface area contributed by atoms with Gasteiger partial charge in [0, 0.05) is 37.2 Å². The summed E-state index contributed by atoms with van der Waals surface area (Å²) >= 11 is 5.86. The van der Waals surface area contributed by atoms with Gasteiger partial charge in [-0.15, -0.1) is 0 Å². The van der Waals surface area contributed by atoms with E-state index in [0.717, 1.165) is 18.6 Å². The first kappa shape index (κ1) is 15.6. The fraction of sp³-hybridized carbons (Fsp3) is 0.294. The van der Waals surface area contributed by atoms with Crippen LogP contribution < -0.4 is 4.74 Å². The monoisotopic (exact) mass is 332 g/mol. The average Bonchev–Trinajstić information content (AvgIpc) is 2.57. The Bertz CT molecular complexity index is 682. The number of nitrogens with zero attached hydrogens (tertiary/aromatic N) is 2. The molecule has 1 aliphatic rings. The van der Waals surface area contributed by atoms with E-state index in [1.807, 2.05) is 12.1 Å². The van der Waals surface area contributed by atoms with E-state index < -0.39 is 0 Å². The van der Waals surface area contributed by atoms with E-state index >= 15 is 0 Å². The van der Waals surface area contributed by atoms with E-state index in [2.05, 4.69) is 4.98 Å². The zero-order chi connectivity index (χ0) is 16.2. The highest BCUT2D eigenvalue weighted by Crippen LogP contribution is 2.22. The molecule has 0 spiro atoms. The van der Waals surface area contributed by atoms with Crippen molar-refractivity contribution in [3.63, 3.8) is 0 Å². The minimum atomic E-state index is -0.113. The van der Waals surface area contributed by atoms with Crippen molar-refractivity contribution in [1.82, 2.24) is 9.88 Å². The molecule has 0 atom stereocenters. The first-order valence-corrected chi connectivity index (χ1v) is 7.85. The molecule has 6 heteroatoms. The zero-order valence-electron chi connectivity index (χ0n) is 12.5. The summed E-state index contributed by atoms with van der Waals surface area (Å²) in [6.45, 7) is 1.24.